The predicted octanol–water partition coefficient (Wildman–Crippen LogP) is 5.88. The van der Waals surface area contributed by atoms with E-state index in [4.69, 9.17) is 39.5 Å². The van der Waals surface area contributed by atoms with E-state index in [1.54, 1.807) is 0 Å². The van der Waals surface area contributed by atoms with Gasteiger partial charge in [0.05, 0.1) is 22.2 Å². The number of benzene rings is 1. The van der Waals surface area contributed by atoms with Gasteiger partial charge >= 0.3 is 5.97 Å². The fourth-order valence-corrected chi connectivity index (χ4v) is 3.57. The summed E-state index contributed by atoms with van der Waals surface area (Å²) in [6, 6.07) is 2.99. The molecule has 0 radical (unpaired) electrons. The van der Waals surface area contributed by atoms with E-state index >= 15 is 0 Å². The van der Waals surface area contributed by atoms with Crippen molar-refractivity contribution in [3.8, 4) is 0 Å². The van der Waals surface area contributed by atoms with E-state index in [0.29, 0.717) is 23.5 Å². The van der Waals surface area contributed by atoms with Crippen LogP contribution in [0.25, 0.3) is 0 Å². The first-order valence-electron chi connectivity index (χ1n) is 7.20. The minimum atomic E-state index is -0.470. The molecule has 116 valence electrons. The average Bonchev–Trinajstić information content (AvgIpc) is 2.86. The van der Waals surface area contributed by atoms with Crippen molar-refractivity contribution in [2.75, 3.05) is 6.61 Å². The van der Waals surface area contributed by atoms with Crippen LogP contribution in [0, 0.1) is 17.8 Å². The highest BCUT2D eigenvalue weighted by Gasteiger charge is 2.27. The first-order valence-corrected chi connectivity index (χ1v) is 8.33. The van der Waals surface area contributed by atoms with Crippen molar-refractivity contribution in [1.82, 2.24) is 0 Å². The van der Waals surface area contributed by atoms with Crippen molar-refractivity contribution in [3.63, 3.8) is 0 Å². The van der Waals surface area contributed by atoms with Gasteiger partial charge in [-0.25, -0.2) is 4.79 Å². The number of esters is 1. The maximum Gasteiger partial charge on any atom is 0.339 e. The zero-order chi connectivity index (χ0) is 15.6. The molecule has 0 amide bonds. The number of hydrogen-bond donors (Lipinski definition) is 0. The molecule has 2 rings (SSSR count). The van der Waals surface area contributed by atoms with Crippen LogP contribution < -0.4 is 0 Å². The van der Waals surface area contributed by atoms with E-state index in [1.165, 1.54) is 31.4 Å². The molecular formula is C16H19Cl3O2. The van der Waals surface area contributed by atoms with Gasteiger partial charge in [0, 0.05) is 5.02 Å². The minimum absolute atomic E-state index is 0.188. The zero-order valence-electron chi connectivity index (χ0n) is 12.2. The molecule has 0 aromatic heterocycles. The van der Waals surface area contributed by atoms with Gasteiger partial charge < -0.3 is 4.74 Å². The third-order valence-electron chi connectivity index (χ3n) is 4.23. The molecule has 0 N–H and O–H groups in total. The van der Waals surface area contributed by atoms with Crippen LogP contribution in [-0.2, 0) is 4.74 Å². The lowest BCUT2D eigenvalue weighted by Gasteiger charge is -2.19. The molecule has 5 heteroatoms. The number of carbonyl (C=O) groups excluding carboxylic acids is 1. The number of carbonyl (C=O) groups is 1. The molecule has 3 unspecified atom stereocenters. The van der Waals surface area contributed by atoms with Crippen molar-refractivity contribution >= 4 is 40.8 Å². The second-order valence-corrected chi connectivity index (χ2v) is 7.22. The molecule has 0 spiro atoms. The van der Waals surface area contributed by atoms with Crippen molar-refractivity contribution < 1.29 is 9.53 Å². The summed E-state index contributed by atoms with van der Waals surface area (Å²) in [5.41, 5.74) is 0.223. The van der Waals surface area contributed by atoms with Crippen molar-refractivity contribution in [2.45, 2.75) is 33.1 Å². The lowest BCUT2D eigenvalue weighted by Crippen LogP contribution is -2.18. The first kappa shape index (κ1) is 16.9. The Morgan fingerprint density at radius 3 is 2.67 bits per heavy atom. The molecule has 1 saturated carbocycles. The molecule has 1 aromatic rings. The van der Waals surface area contributed by atoms with E-state index in [2.05, 4.69) is 13.8 Å². The molecule has 2 nitrogen and oxygen atoms in total. The van der Waals surface area contributed by atoms with E-state index in [1.807, 2.05) is 0 Å². The average molecular weight is 350 g/mol. The zero-order valence-corrected chi connectivity index (χ0v) is 14.4. The summed E-state index contributed by atoms with van der Waals surface area (Å²) in [5, 5.41) is 0.816. The van der Waals surface area contributed by atoms with E-state index in [9.17, 15) is 4.79 Å². The molecule has 0 heterocycles. The Hall–Kier alpha value is -0.440. The largest absolute Gasteiger partial charge is 0.462 e. The van der Waals surface area contributed by atoms with Crippen molar-refractivity contribution in [2.24, 2.45) is 17.8 Å². The van der Waals surface area contributed by atoms with Crippen LogP contribution in [-0.4, -0.2) is 12.6 Å². The lowest BCUT2D eigenvalue weighted by molar-refractivity contribution is 0.0407. The van der Waals surface area contributed by atoms with Gasteiger partial charge in [0.15, 0.2) is 0 Å². The normalized spacial score (nSPS) is 23.1. The molecule has 1 fully saturated rings. The Morgan fingerprint density at radius 2 is 2.05 bits per heavy atom. The topological polar surface area (TPSA) is 26.3 Å². The van der Waals surface area contributed by atoms with Gasteiger partial charge in [0.25, 0.3) is 0 Å². The molecule has 1 aliphatic carbocycles. The van der Waals surface area contributed by atoms with Crippen LogP contribution in [0.15, 0.2) is 12.1 Å². The Morgan fingerprint density at radius 1 is 1.33 bits per heavy atom. The quantitative estimate of drug-likeness (QED) is 0.501. The molecule has 21 heavy (non-hydrogen) atoms. The lowest BCUT2D eigenvalue weighted by atomic mass is 9.92. The second-order valence-electron chi connectivity index (χ2n) is 6.00. The maximum atomic E-state index is 12.1. The highest BCUT2D eigenvalue weighted by molar-refractivity contribution is 6.45. The Balaban J connectivity index is 1.96. The highest BCUT2D eigenvalue weighted by atomic mass is 35.5. The van der Waals surface area contributed by atoms with Gasteiger partial charge in [-0.15, -0.1) is 0 Å². The first-order chi connectivity index (χ1) is 9.88. The summed E-state index contributed by atoms with van der Waals surface area (Å²) in [6.07, 6.45) is 3.69. The van der Waals surface area contributed by atoms with Gasteiger partial charge in [0.1, 0.15) is 0 Å². The number of hydrogen-bond acceptors (Lipinski definition) is 2. The number of halogens is 3. The number of ether oxygens (including phenoxy) is 1. The molecule has 1 aromatic carbocycles. The molecule has 0 bridgehead atoms. The standard InChI is InChI=1S/C16H19Cl3O2/c1-9-3-4-11(5-9)10(2)8-21-16(20)13-6-12(17)7-14(18)15(13)19/h6-7,9-11H,3-5,8H2,1-2H3. The third-order valence-corrected chi connectivity index (χ3v) is 5.25. The van der Waals surface area contributed by atoms with Crippen molar-refractivity contribution in [3.05, 3.63) is 32.8 Å². The Bertz CT molecular complexity index is 530. The van der Waals surface area contributed by atoms with Gasteiger partial charge in [-0.1, -0.05) is 55.1 Å². The SMILES string of the molecule is CC1CCC(C(C)COC(=O)c2cc(Cl)cc(Cl)c2Cl)C1. The summed E-state index contributed by atoms with van der Waals surface area (Å²) in [5.74, 6) is 1.29. The van der Waals surface area contributed by atoms with Gasteiger partial charge in [-0.05, 0) is 42.7 Å². The summed E-state index contributed by atoms with van der Waals surface area (Å²) in [4.78, 5) is 12.1. The van der Waals surface area contributed by atoms with Crippen molar-refractivity contribution in [1.29, 1.82) is 0 Å². The van der Waals surface area contributed by atoms with Crippen LogP contribution in [0.2, 0.25) is 15.1 Å². The molecule has 1 aliphatic rings. The smallest absolute Gasteiger partial charge is 0.339 e. The van der Waals surface area contributed by atoms with Gasteiger partial charge in [-0.2, -0.15) is 0 Å². The van der Waals surface area contributed by atoms with E-state index in [0.717, 1.165) is 5.92 Å². The summed E-state index contributed by atoms with van der Waals surface area (Å²) in [6.45, 7) is 4.80. The fraction of sp³-hybridized carbons (Fsp3) is 0.562. The van der Waals surface area contributed by atoms with Gasteiger partial charge in [0.2, 0.25) is 0 Å². The van der Waals surface area contributed by atoms with Crippen LogP contribution in [0.3, 0.4) is 0 Å². The summed E-state index contributed by atoms with van der Waals surface area (Å²) in [7, 11) is 0. The molecule has 0 saturated heterocycles. The molecule has 3 atom stereocenters. The van der Waals surface area contributed by atoms with Crippen LogP contribution in [0.4, 0.5) is 0 Å². The Labute approximate surface area is 140 Å². The number of rotatable bonds is 4. The maximum absolute atomic E-state index is 12.1. The van der Waals surface area contributed by atoms with Crippen LogP contribution in [0.5, 0.6) is 0 Å². The second kappa shape index (κ2) is 7.21. The summed E-state index contributed by atoms with van der Waals surface area (Å²) >= 11 is 17.8. The summed E-state index contributed by atoms with van der Waals surface area (Å²) < 4.78 is 5.39. The predicted molar refractivity (Wildman–Crippen MR) is 87.4 cm³/mol. The van der Waals surface area contributed by atoms with E-state index < -0.39 is 5.97 Å². The minimum Gasteiger partial charge on any atom is -0.462 e. The molecule has 0 aliphatic heterocycles. The monoisotopic (exact) mass is 348 g/mol. The van der Waals surface area contributed by atoms with E-state index in [-0.39, 0.29) is 15.6 Å². The van der Waals surface area contributed by atoms with Crippen LogP contribution >= 0.6 is 34.8 Å². The molecular weight excluding hydrogens is 331 g/mol. The van der Waals surface area contributed by atoms with Gasteiger partial charge in [-0.3, -0.25) is 0 Å². The van der Waals surface area contributed by atoms with Crippen LogP contribution in [0.1, 0.15) is 43.5 Å². The Kier molecular flexibility index (Phi) is 5.81. The third kappa shape index (κ3) is 4.28. The fourth-order valence-electron chi connectivity index (χ4n) is 2.89. The highest BCUT2D eigenvalue weighted by Crippen LogP contribution is 2.36.